The van der Waals surface area contributed by atoms with Crippen LogP contribution in [-0.4, -0.2) is 17.9 Å². The minimum absolute atomic E-state index is 0.313. The van der Waals surface area contributed by atoms with E-state index in [9.17, 15) is 14.0 Å². The van der Waals surface area contributed by atoms with Gasteiger partial charge in [0.15, 0.2) is 6.10 Å². The zero-order valence-electron chi connectivity index (χ0n) is 15.6. The maximum absolute atomic E-state index is 13.4. The standard InChI is InChI=1S/C23H16ClFN2O3/c24-18-9-5-4-8-17(18)20-19-21(30-27(20)16-6-2-1-3-7-16)23(29)26(22(19)28)15-12-10-14(25)11-13-15/h1-13,19-21H/t19-,20+,21+/m1/s1. The number of hydrogen-bond acceptors (Lipinski definition) is 4. The Labute approximate surface area is 177 Å². The molecule has 0 unspecified atom stereocenters. The summed E-state index contributed by atoms with van der Waals surface area (Å²) in [5, 5.41) is 2.07. The van der Waals surface area contributed by atoms with Crippen molar-refractivity contribution < 1.29 is 18.8 Å². The molecule has 0 bridgehead atoms. The van der Waals surface area contributed by atoms with Crippen LogP contribution in [0.3, 0.4) is 0 Å². The average Bonchev–Trinajstić information content (AvgIpc) is 3.26. The van der Waals surface area contributed by atoms with Crippen molar-refractivity contribution in [2.45, 2.75) is 12.1 Å². The molecule has 0 saturated carbocycles. The van der Waals surface area contributed by atoms with Crippen LogP contribution in [0.2, 0.25) is 5.02 Å². The second-order valence-electron chi connectivity index (χ2n) is 7.17. The van der Waals surface area contributed by atoms with Gasteiger partial charge in [0.2, 0.25) is 5.91 Å². The highest BCUT2D eigenvalue weighted by Crippen LogP contribution is 2.48. The third-order valence-corrected chi connectivity index (χ3v) is 5.78. The van der Waals surface area contributed by atoms with Crippen LogP contribution in [0, 0.1) is 11.7 Å². The number of amides is 2. The maximum atomic E-state index is 13.4. The minimum Gasteiger partial charge on any atom is -0.273 e. The van der Waals surface area contributed by atoms with Crippen molar-refractivity contribution in [3.05, 3.63) is 95.3 Å². The first-order valence-corrected chi connectivity index (χ1v) is 9.83. The van der Waals surface area contributed by atoms with Gasteiger partial charge in [-0.1, -0.05) is 48.0 Å². The van der Waals surface area contributed by atoms with E-state index in [1.807, 2.05) is 42.5 Å². The summed E-state index contributed by atoms with van der Waals surface area (Å²) in [4.78, 5) is 33.7. The Morgan fingerprint density at radius 2 is 1.47 bits per heavy atom. The van der Waals surface area contributed by atoms with Crippen LogP contribution in [0.4, 0.5) is 15.8 Å². The largest absolute Gasteiger partial charge is 0.273 e. The van der Waals surface area contributed by atoms with Crippen LogP contribution in [0.5, 0.6) is 0 Å². The highest BCUT2D eigenvalue weighted by atomic mass is 35.5. The molecule has 0 N–H and O–H groups in total. The molecule has 7 heteroatoms. The summed E-state index contributed by atoms with van der Waals surface area (Å²) in [5.41, 5.74) is 1.72. The lowest BCUT2D eigenvalue weighted by Crippen LogP contribution is -2.37. The van der Waals surface area contributed by atoms with Gasteiger partial charge in [-0.3, -0.25) is 14.4 Å². The van der Waals surface area contributed by atoms with E-state index < -0.39 is 35.7 Å². The summed E-state index contributed by atoms with van der Waals surface area (Å²) in [7, 11) is 0. The van der Waals surface area contributed by atoms with Crippen molar-refractivity contribution in [2.75, 3.05) is 9.96 Å². The first kappa shape index (κ1) is 18.8. The lowest BCUT2D eigenvalue weighted by Gasteiger charge is -2.29. The normalized spacial score (nSPS) is 23.2. The molecule has 0 radical (unpaired) electrons. The predicted molar refractivity (Wildman–Crippen MR) is 110 cm³/mol. The predicted octanol–water partition coefficient (Wildman–Crippen LogP) is 4.53. The quantitative estimate of drug-likeness (QED) is 0.582. The number of hydroxylamine groups is 1. The second kappa shape index (κ2) is 7.23. The first-order chi connectivity index (χ1) is 14.6. The van der Waals surface area contributed by atoms with Gasteiger partial charge in [0.1, 0.15) is 11.7 Å². The van der Waals surface area contributed by atoms with Gasteiger partial charge in [-0.25, -0.2) is 14.4 Å². The Morgan fingerprint density at radius 3 is 2.17 bits per heavy atom. The summed E-state index contributed by atoms with van der Waals surface area (Å²) in [6.07, 6.45) is -0.996. The van der Waals surface area contributed by atoms with Gasteiger partial charge in [0.25, 0.3) is 5.91 Å². The van der Waals surface area contributed by atoms with Crippen LogP contribution in [-0.2, 0) is 14.4 Å². The fourth-order valence-corrected chi connectivity index (χ4v) is 4.34. The van der Waals surface area contributed by atoms with Crippen LogP contribution in [0.15, 0.2) is 78.9 Å². The van der Waals surface area contributed by atoms with Crippen molar-refractivity contribution in [1.82, 2.24) is 0 Å². The Hall–Kier alpha value is -3.22. The number of carbonyl (C=O) groups is 2. The van der Waals surface area contributed by atoms with Gasteiger partial charge >= 0.3 is 0 Å². The number of benzene rings is 3. The van der Waals surface area contributed by atoms with Crippen LogP contribution in [0.25, 0.3) is 0 Å². The molecule has 3 aromatic rings. The monoisotopic (exact) mass is 422 g/mol. The highest BCUT2D eigenvalue weighted by molar-refractivity contribution is 6.31. The molecule has 2 aliphatic heterocycles. The second-order valence-corrected chi connectivity index (χ2v) is 7.57. The average molecular weight is 423 g/mol. The number of fused-ring (bicyclic) bond motifs is 1. The number of para-hydroxylation sites is 1. The minimum atomic E-state index is -0.996. The molecule has 30 heavy (non-hydrogen) atoms. The Bertz CT molecular complexity index is 1120. The molecular weight excluding hydrogens is 407 g/mol. The van der Waals surface area contributed by atoms with Gasteiger partial charge in [-0.15, -0.1) is 0 Å². The molecule has 0 spiro atoms. The number of anilines is 2. The van der Waals surface area contributed by atoms with E-state index in [1.54, 1.807) is 17.2 Å². The van der Waals surface area contributed by atoms with E-state index in [0.29, 0.717) is 22.0 Å². The van der Waals surface area contributed by atoms with E-state index in [0.717, 1.165) is 4.90 Å². The fraction of sp³-hybridized carbons (Fsp3) is 0.130. The smallest absolute Gasteiger partial charge is 0.266 e. The summed E-state index contributed by atoms with van der Waals surface area (Å²) in [5.74, 6) is -2.12. The van der Waals surface area contributed by atoms with E-state index >= 15 is 0 Å². The highest BCUT2D eigenvalue weighted by Gasteiger charge is 2.60. The zero-order chi connectivity index (χ0) is 20.8. The fourth-order valence-electron chi connectivity index (χ4n) is 4.09. The Kier molecular flexibility index (Phi) is 4.53. The number of carbonyl (C=O) groups excluding carboxylic acids is 2. The number of halogens is 2. The molecule has 2 heterocycles. The lowest BCUT2D eigenvalue weighted by atomic mass is 9.90. The van der Waals surface area contributed by atoms with E-state index in [-0.39, 0.29) is 0 Å². The molecule has 3 aromatic carbocycles. The van der Waals surface area contributed by atoms with Gasteiger partial charge in [-0.2, -0.15) is 0 Å². The molecule has 5 nitrogen and oxygen atoms in total. The maximum Gasteiger partial charge on any atom is 0.266 e. The van der Waals surface area contributed by atoms with Crippen molar-refractivity contribution in [3.63, 3.8) is 0 Å². The molecular formula is C23H16ClFN2O3. The van der Waals surface area contributed by atoms with Gasteiger partial charge in [0.05, 0.1) is 17.4 Å². The molecule has 2 fully saturated rings. The summed E-state index contributed by atoms with van der Waals surface area (Å²) < 4.78 is 13.3. The van der Waals surface area contributed by atoms with Crippen molar-refractivity contribution in [2.24, 2.45) is 5.92 Å². The lowest BCUT2D eigenvalue weighted by molar-refractivity contribution is -0.126. The van der Waals surface area contributed by atoms with E-state index in [4.69, 9.17) is 16.4 Å². The van der Waals surface area contributed by atoms with E-state index in [2.05, 4.69) is 0 Å². The number of hydrogen-bond donors (Lipinski definition) is 0. The van der Waals surface area contributed by atoms with Crippen LogP contribution in [0.1, 0.15) is 11.6 Å². The third-order valence-electron chi connectivity index (χ3n) is 5.43. The summed E-state index contributed by atoms with van der Waals surface area (Å²) in [6.45, 7) is 0. The van der Waals surface area contributed by atoms with E-state index in [1.165, 1.54) is 24.3 Å². The zero-order valence-corrected chi connectivity index (χ0v) is 16.4. The summed E-state index contributed by atoms with van der Waals surface area (Å²) in [6, 6.07) is 21.1. The van der Waals surface area contributed by atoms with Crippen molar-refractivity contribution in [3.8, 4) is 0 Å². The molecule has 2 amide bonds. The van der Waals surface area contributed by atoms with Crippen LogP contribution >= 0.6 is 11.6 Å². The molecule has 5 rings (SSSR count). The SMILES string of the molecule is O=C1[C@H]2[C@H](ON(c3ccccc3)[C@H]2c2ccccc2Cl)C(=O)N1c1ccc(F)cc1. The molecule has 150 valence electrons. The van der Waals surface area contributed by atoms with Crippen LogP contribution < -0.4 is 9.96 Å². The molecule has 2 aliphatic rings. The van der Waals surface area contributed by atoms with Gasteiger partial charge in [-0.05, 0) is 48.0 Å². The summed E-state index contributed by atoms with van der Waals surface area (Å²) >= 11 is 6.47. The van der Waals surface area contributed by atoms with Gasteiger partial charge < -0.3 is 0 Å². The molecule has 2 saturated heterocycles. The molecule has 0 aliphatic carbocycles. The Morgan fingerprint density at radius 1 is 0.800 bits per heavy atom. The number of imide groups is 1. The first-order valence-electron chi connectivity index (χ1n) is 9.45. The third kappa shape index (κ3) is 2.88. The number of rotatable bonds is 3. The van der Waals surface area contributed by atoms with Crippen molar-refractivity contribution >= 4 is 34.8 Å². The van der Waals surface area contributed by atoms with Gasteiger partial charge in [0, 0.05) is 5.02 Å². The Balaban J connectivity index is 1.60. The molecule has 0 aromatic heterocycles. The number of nitrogens with zero attached hydrogens (tertiary/aromatic N) is 2. The topological polar surface area (TPSA) is 49.9 Å². The van der Waals surface area contributed by atoms with Crippen molar-refractivity contribution in [1.29, 1.82) is 0 Å². The molecule has 3 atom stereocenters.